The molecule has 0 radical (unpaired) electrons. The van der Waals surface area contributed by atoms with E-state index in [0.717, 1.165) is 30.4 Å². The Morgan fingerprint density at radius 3 is 3.17 bits per heavy atom. The maximum Gasteiger partial charge on any atom is 0.193 e. The summed E-state index contributed by atoms with van der Waals surface area (Å²) in [7, 11) is 0. The number of fused-ring (bicyclic) bond motifs is 1. The largest absolute Gasteiger partial charge is 0.377 e. The van der Waals surface area contributed by atoms with Crippen LogP contribution in [0.2, 0.25) is 0 Å². The maximum atomic E-state index is 5.80. The molecular weight excluding hydrogens is 246 g/mol. The van der Waals surface area contributed by atoms with Crippen molar-refractivity contribution >= 4 is 16.3 Å². The summed E-state index contributed by atoms with van der Waals surface area (Å²) in [4.78, 5) is 5.59. The lowest BCUT2D eigenvalue weighted by Gasteiger charge is -2.10. The molecule has 0 bridgehead atoms. The predicted molar refractivity (Wildman–Crippen MR) is 73.0 cm³/mol. The molecule has 0 aliphatic heterocycles. The van der Waals surface area contributed by atoms with Crippen molar-refractivity contribution in [3.8, 4) is 0 Å². The van der Waals surface area contributed by atoms with Crippen molar-refractivity contribution in [3.63, 3.8) is 0 Å². The van der Waals surface area contributed by atoms with E-state index in [9.17, 15) is 0 Å². The summed E-state index contributed by atoms with van der Waals surface area (Å²) in [6.45, 7) is 2.54. The highest BCUT2D eigenvalue weighted by molar-refractivity contribution is 7.15. The molecule has 2 heterocycles. The number of nitrogens with one attached hydrogen (secondary N) is 1. The number of imidazole rings is 1. The van der Waals surface area contributed by atoms with Crippen molar-refractivity contribution < 1.29 is 4.74 Å². The fourth-order valence-electron chi connectivity index (χ4n) is 2.43. The first-order valence-electron chi connectivity index (χ1n) is 6.65. The zero-order valence-corrected chi connectivity index (χ0v) is 11.3. The van der Waals surface area contributed by atoms with Gasteiger partial charge in [0, 0.05) is 30.9 Å². The van der Waals surface area contributed by atoms with Crippen LogP contribution in [-0.2, 0) is 11.3 Å². The molecule has 0 amide bonds. The van der Waals surface area contributed by atoms with E-state index in [1.54, 1.807) is 11.3 Å². The van der Waals surface area contributed by atoms with E-state index in [2.05, 4.69) is 26.3 Å². The molecule has 1 fully saturated rings. The normalized spacial score (nSPS) is 16.9. The molecule has 5 heteroatoms. The molecule has 0 saturated heterocycles. The number of thiazole rings is 1. The Morgan fingerprint density at radius 1 is 1.44 bits per heavy atom. The number of rotatable bonds is 6. The molecule has 1 aliphatic rings. The fraction of sp³-hybridized carbons (Fsp3) is 0.615. The smallest absolute Gasteiger partial charge is 0.193 e. The first-order valence-corrected chi connectivity index (χ1v) is 7.53. The molecule has 1 aliphatic carbocycles. The third-order valence-corrected chi connectivity index (χ3v) is 4.15. The minimum absolute atomic E-state index is 0.518. The van der Waals surface area contributed by atoms with Crippen LogP contribution in [0.15, 0.2) is 17.8 Å². The molecule has 18 heavy (non-hydrogen) atoms. The predicted octanol–water partition coefficient (Wildman–Crippen LogP) is 2.44. The van der Waals surface area contributed by atoms with E-state index >= 15 is 0 Å². The van der Waals surface area contributed by atoms with Gasteiger partial charge in [0.25, 0.3) is 0 Å². The second-order valence-corrected chi connectivity index (χ2v) is 5.65. The van der Waals surface area contributed by atoms with Gasteiger partial charge in [0.2, 0.25) is 0 Å². The van der Waals surface area contributed by atoms with Crippen LogP contribution < -0.4 is 5.32 Å². The van der Waals surface area contributed by atoms with Gasteiger partial charge in [-0.25, -0.2) is 4.98 Å². The Bertz CT molecular complexity index is 459. The van der Waals surface area contributed by atoms with E-state index in [1.165, 1.54) is 25.7 Å². The molecule has 98 valence electrons. The van der Waals surface area contributed by atoms with Crippen LogP contribution in [0, 0.1) is 0 Å². The summed E-state index contributed by atoms with van der Waals surface area (Å²) in [5.74, 6) is 0. The number of aromatic nitrogens is 2. The number of hydrogen-bond acceptors (Lipinski definition) is 4. The van der Waals surface area contributed by atoms with Crippen LogP contribution in [0.3, 0.4) is 0 Å². The van der Waals surface area contributed by atoms with Gasteiger partial charge >= 0.3 is 0 Å². The standard InChI is InChI=1S/C13H19N3OS/c1-2-4-12(3-1)17-7-5-14-9-11-10-16-6-8-18-13(16)15-11/h6,8,10,12,14H,1-5,7,9H2. The first-order chi connectivity index (χ1) is 8.92. The minimum atomic E-state index is 0.518. The van der Waals surface area contributed by atoms with Crippen LogP contribution in [0.5, 0.6) is 0 Å². The molecular formula is C13H19N3OS. The second kappa shape index (κ2) is 5.82. The van der Waals surface area contributed by atoms with Gasteiger partial charge in [0.15, 0.2) is 4.96 Å². The van der Waals surface area contributed by atoms with Crippen LogP contribution in [-0.4, -0.2) is 28.6 Å². The quantitative estimate of drug-likeness (QED) is 0.815. The lowest BCUT2D eigenvalue weighted by atomic mass is 10.3. The van der Waals surface area contributed by atoms with Crippen molar-refractivity contribution in [2.24, 2.45) is 0 Å². The molecule has 3 rings (SSSR count). The zero-order chi connectivity index (χ0) is 12.2. The Labute approximate surface area is 111 Å². The Morgan fingerprint density at radius 2 is 2.33 bits per heavy atom. The molecule has 2 aromatic rings. The fourth-order valence-corrected chi connectivity index (χ4v) is 3.15. The lowest BCUT2D eigenvalue weighted by Crippen LogP contribution is -2.22. The molecule has 2 aromatic heterocycles. The molecule has 0 spiro atoms. The van der Waals surface area contributed by atoms with Crippen molar-refractivity contribution in [2.75, 3.05) is 13.2 Å². The van der Waals surface area contributed by atoms with Crippen molar-refractivity contribution in [1.29, 1.82) is 0 Å². The van der Waals surface area contributed by atoms with Gasteiger partial charge in [-0.2, -0.15) is 0 Å². The Hall–Kier alpha value is -0.910. The summed E-state index contributed by atoms with van der Waals surface area (Å²) in [6, 6.07) is 0. The number of ether oxygens (including phenoxy) is 1. The summed E-state index contributed by atoms with van der Waals surface area (Å²) in [6.07, 6.45) is 9.81. The zero-order valence-electron chi connectivity index (χ0n) is 10.5. The molecule has 4 nitrogen and oxygen atoms in total. The number of nitrogens with zero attached hydrogens (tertiary/aromatic N) is 2. The monoisotopic (exact) mass is 265 g/mol. The van der Waals surface area contributed by atoms with Gasteiger partial charge in [-0.1, -0.05) is 12.8 Å². The van der Waals surface area contributed by atoms with Gasteiger partial charge in [-0.05, 0) is 12.8 Å². The van der Waals surface area contributed by atoms with E-state index in [-0.39, 0.29) is 0 Å². The van der Waals surface area contributed by atoms with E-state index in [0.29, 0.717) is 6.10 Å². The van der Waals surface area contributed by atoms with Gasteiger partial charge in [-0.15, -0.1) is 11.3 Å². The average Bonchev–Trinajstić information content (AvgIpc) is 3.03. The maximum absolute atomic E-state index is 5.80. The molecule has 0 aromatic carbocycles. The third-order valence-electron chi connectivity index (χ3n) is 3.38. The highest BCUT2D eigenvalue weighted by Gasteiger charge is 2.14. The van der Waals surface area contributed by atoms with Crippen molar-refractivity contribution in [1.82, 2.24) is 14.7 Å². The summed E-state index contributed by atoms with van der Waals surface area (Å²) in [5.41, 5.74) is 1.10. The van der Waals surface area contributed by atoms with Gasteiger partial charge in [-0.3, -0.25) is 4.40 Å². The summed E-state index contributed by atoms with van der Waals surface area (Å²) in [5, 5.41) is 5.43. The average molecular weight is 265 g/mol. The van der Waals surface area contributed by atoms with Crippen LogP contribution in [0.1, 0.15) is 31.4 Å². The second-order valence-electron chi connectivity index (χ2n) is 4.78. The first kappa shape index (κ1) is 12.1. The van der Waals surface area contributed by atoms with Crippen LogP contribution in [0.25, 0.3) is 4.96 Å². The highest BCUT2D eigenvalue weighted by Crippen LogP contribution is 2.20. The highest BCUT2D eigenvalue weighted by atomic mass is 32.1. The van der Waals surface area contributed by atoms with Gasteiger partial charge < -0.3 is 10.1 Å². The Kier molecular flexibility index (Phi) is 3.93. The third kappa shape index (κ3) is 2.91. The minimum Gasteiger partial charge on any atom is -0.377 e. The van der Waals surface area contributed by atoms with E-state index < -0.39 is 0 Å². The van der Waals surface area contributed by atoms with Gasteiger partial charge in [0.05, 0.1) is 18.4 Å². The van der Waals surface area contributed by atoms with Crippen molar-refractivity contribution in [2.45, 2.75) is 38.3 Å². The topological polar surface area (TPSA) is 38.6 Å². The SMILES string of the molecule is c1cn2cc(CNCCOC3CCCC3)nc2s1. The summed E-state index contributed by atoms with van der Waals surface area (Å²) < 4.78 is 7.86. The van der Waals surface area contributed by atoms with Gasteiger partial charge in [0.1, 0.15) is 0 Å². The van der Waals surface area contributed by atoms with Crippen LogP contribution in [0.4, 0.5) is 0 Å². The summed E-state index contributed by atoms with van der Waals surface area (Å²) >= 11 is 1.67. The molecule has 1 N–H and O–H groups in total. The van der Waals surface area contributed by atoms with Crippen molar-refractivity contribution in [3.05, 3.63) is 23.5 Å². The lowest BCUT2D eigenvalue weighted by molar-refractivity contribution is 0.0602. The molecule has 0 unspecified atom stereocenters. The molecule has 0 atom stereocenters. The molecule has 1 saturated carbocycles. The number of hydrogen-bond donors (Lipinski definition) is 1. The van der Waals surface area contributed by atoms with Crippen LogP contribution >= 0.6 is 11.3 Å². The van der Waals surface area contributed by atoms with E-state index in [1.807, 2.05) is 6.20 Å². The Balaban J connectivity index is 1.35. The van der Waals surface area contributed by atoms with E-state index in [4.69, 9.17) is 4.74 Å².